The van der Waals surface area contributed by atoms with E-state index in [-0.39, 0.29) is 18.2 Å². The standard InChI is InChI=1S/C22H21ClN4O3/c1-30-18-8-6-17(7-9-18)26-13-16(12-21(26)28)22(29)25-20-10-11-24-27(20)14-15-4-2-3-5-19(15)23/h2-11,16H,12-14H2,1H3,(H,25,29). The van der Waals surface area contributed by atoms with Crippen LogP contribution < -0.4 is 15.0 Å². The second-order valence-corrected chi connectivity index (χ2v) is 7.47. The molecule has 0 radical (unpaired) electrons. The van der Waals surface area contributed by atoms with Gasteiger partial charge in [0, 0.05) is 29.7 Å². The molecule has 1 saturated heterocycles. The van der Waals surface area contributed by atoms with E-state index < -0.39 is 5.92 Å². The van der Waals surface area contributed by atoms with Crippen LogP contribution in [0.1, 0.15) is 12.0 Å². The van der Waals surface area contributed by atoms with Crippen LogP contribution in [0.25, 0.3) is 0 Å². The molecule has 1 atom stereocenters. The van der Waals surface area contributed by atoms with Gasteiger partial charge in [0.25, 0.3) is 0 Å². The van der Waals surface area contributed by atoms with Gasteiger partial charge in [-0.25, -0.2) is 4.68 Å². The molecule has 3 aromatic rings. The summed E-state index contributed by atoms with van der Waals surface area (Å²) in [6.45, 7) is 0.763. The summed E-state index contributed by atoms with van der Waals surface area (Å²) >= 11 is 6.23. The lowest BCUT2D eigenvalue weighted by atomic mass is 10.1. The van der Waals surface area contributed by atoms with Gasteiger partial charge in [0.2, 0.25) is 11.8 Å². The maximum Gasteiger partial charge on any atom is 0.230 e. The second-order valence-electron chi connectivity index (χ2n) is 7.06. The average Bonchev–Trinajstić information content (AvgIpc) is 3.36. The number of carbonyl (C=O) groups excluding carboxylic acids is 2. The predicted octanol–water partition coefficient (Wildman–Crippen LogP) is 3.59. The van der Waals surface area contributed by atoms with Crippen molar-refractivity contribution in [1.29, 1.82) is 0 Å². The highest BCUT2D eigenvalue weighted by atomic mass is 35.5. The Bertz CT molecular complexity index is 1060. The van der Waals surface area contributed by atoms with Crippen LogP contribution in [0.3, 0.4) is 0 Å². The van der Waals surface area contributed by atoms with Gasteiger partial charge in [-0.3, -0.25) is 9.59 Å². The number of carbonyl (C=O) groups is 2. The maximum atomic E-state index is 12.8. The van der Waals surface area contributed by atoms with E-state index >= 15 is 0 Å². The number of halogens is 1. The van der Waals surface area contributed by atoms with Gasteiger partial charge >= 0.3 is 0 Å². The Morgan fingerprint density at radius 2 is 1.97 bits per heavy atom. The lowest BCUT2D eigenvalue weighted by Gasteiger charge is -2.17. The van der Waals surface area contributed by atoms with Crippen LogP contribution in [0.2, 0.25) is 5.02 Å². The van der Waals surface area contributed by atoms with E-state index in [4.69, 9.17) is 16.3 Å². The van der Waals surface area contributed by atoms with E-state index in [0.29, 0.717) is 29.7 Å². The second kappa shape index (κ2) is 8.59. The number of hydrogen-bond donors (Lipinski definition) is 1. The molecule has 154 valence electrons. The number of nitrogens with one attached hydrogen (secondary N) is 1. The molecule has 1 aliphatic heterocycles. The lowest BCUT2D eigenvalue weighted by Crippen LogP contribution is -2.28. The van der Waals surface area contributed by atoms with Crippen molar-refractivity contribution in [3.63, 3.8) is 0 Å². The van der Waals surface area contributed by atoms with Gasteiger partial charge in [0.1, 0.15) is 11.6 Å². The summed E-state index contributed by atoms with van der Waals surface area (Å²) in [4.78, 5) is 26.9. The number of rotatable bonds is 6. The third kappa shape index (κ3) is 4.16. The number of nitrogens with zero attached hydrogens (tertiary/aromatic N) is 3. The number of methoxy groups -OCH3 is 1. The summed E-state index contributed by atoms with van der Waals surface area (Å²) in [6, 6.07) is 16.4. The highest BCUT2D eigenvalue weighted by molar-refractivity contribution is 6.31. The number of amides is 2. The fourth-order valence-corrected chi connectivity index (χ4v) is 3.67. The molecule has 1 fully saturated rings. The average molecular weight is 425 g/mol. The van der Waals surface area contributed by atoms with Crippen LogP contribution in [0.15, 0.2) is 60.8 Å². The normalized spacial score (nSPS) is 16.0. The Morgan fingerprint density at radius 1 is 1.20 bits per heavy atom. The van der Waals surface area contributed by atoms with Gasteiger partial charge in [0.05, 0.1) is 25.8 Å². The molecule has 1 N–H and O–H groups in total. The summed E-state index contributed by atoms with van der Waals surface area (Å²) in [6.07, 6.45) is 1.78. The van der Waals surface area contributed by atoms with Crippen LogP contribution >= 0.6 is 11.6 Å². The molecule has 1 aliphatic rings. The molecule has 2 heterocycles. The fraction of sp³-hybridized carbons (Fsp3) is 0.227. The van der Waals surface area contributed by atoms with Gasteiger partial charge in [-0.05, 0) is 35.9 Å². The molecular formula is C22H21ClN4O3. The third-order valence-corrected chi connectivity index (χ3v) is 5.49. The Labute approximate surface area is 179 Å². The first-order valence-electron chi connectivity index (χ1n) is 9.55. The smallest absolute Gasteiger partial charge is 0.230 e. The first-order chi connectivity index (χ1) is 14.5. The highest BCUT2D eigenvalue weighted by Crippen LogP contribution is 2.28. The highest BCUT2D eigenvalue weighted by Gasteiger charge is 2.35. The number of anilines is 2. The van der Waals surface area contributed by atoms with Crippen LogP contribution in [-0.4, -0.2) is 35.2 Å². The molecule has 4 rings (SSSR count). The molecule has 0 aliphatic carbocycles. The first kappa shape index (κ1) is 20.0. The number of aromatic nitrogens is 2. The number of hydrogen-bond acceptors (Lipinski definition) is 4. The van der Waals surface area contributed by atoms with Crippen LogP contribution in [0.5, 0.6) is 5.75 Å². The van der Waals surface area contributed by atoms with Gasteiger partial charge in [-0.1, -0.05) is 29.8 Å². The molecule has 1 aromatic heterocycles. The van der Waals surface area contributed by atoms with Crippen molar-refractivity contribution in [3.05, 3.63) is 71.4 Å². The molecule has 30 heavy (non-hydrogen) atoms. The summed E-state index contributed by atoms with van der Waals surface area (Å²) in [5, 5.41) is 7.82. The molecule has 0 bridgehead atoms. The summed E-state index contributed by atoms with van der Waals surface area (Å²) in [5.74, 6) is 0.551. The van der Waals surface area contributed by atoms with Gasteiger partial charge in [0.15, 0.2) is 0 Å². The summed E-state index contributed by atoms with van der Waals surface area (Å²) < 4.78 is 6.83. The molecule has 2 amide bonds. The zero-order chi connectivity index (χ0) is 21.1. The number of ether oxygens (including phenoxy) is 1. The Balaban J connectivity index is 1.43. The van der Waals surface area contributed by atoms with Crippen LogP contribution in [0, 0.1) is 5.92 Å². The van der Waals surface area contributed by atoms with Crippen LogP contribution in [-0.2, 0) is 16.1 Å². The van der Waals surface area contributed by atoms with Crippen molar-refractivity contribution in [2.24, 2.45) is 5.92 Å². The minimum Gasteiger partial charge on any atom is -0.497 e. The zero-order valence-electron chi connectivity index (χ0n) is 16.4. The van der Waals surface area contributed by atoms with E-state index in [1.54, 1.807) is 41.1 Å². The fourth-order valence-electron chi connectivity index (χ4n) is 3.48. The van der Waals surface area contributed by atoms with Gasteiger partial charge in [-0.15, -0.1) is 0 Å². The minimum absolute atomic E-state index is 0.0788. The van der Waals surface area contributed by atoms with Crippen molar-refractivity contribution in [2.75, 3.05) is 23.9 Å². The monoisotopic (exact) mass is 424 g/mol. The van der Waals surface area contributed by atoms with Crippen LogP contribution in [0.4, 0.5) is 11.5 Å². The summed E-state index contributed by atoms with van der Waals surface area (Å²) in [7, 11) is 1.59. The Hall–Kier alpha value is -3.32. The Kier molecular flexibility index (Phi) is 5.72. The molecule has 0 spiro atoms. The van der Waals surface area contributed by atoms with E-state index in [1.165, 1.54) is 0 Å². The van der Waals surface area contributed by atoms with E-state index in [1.807, 2.05) is 36.4 Å². The lowest BCUT2D eigenvalue weighted by molar-refractivity contribution is -0.122. The Morgan fingerprint density at radius 3 is 2.70 bits per heavy atom. The van der Waals surface area contributed by atoms with Crippen molar-refractivity contribution >= 4 is 34.9 Å². The third-order valence-electron chi connectivity index (χ3n) is 5.13. The van der Waals surface area contributed by atoms with Gasteiger partial charge in [-0.2, -0.15) is 5.10 Å². The quantitative estimate of drug-likeness (QED) is 0.656. The zero-order valence-corrected chi connectivity index (χ0v) is 17.2. The van der Waals surface area contributed by atoms with Crippen molar-refractivity contribution in [2.45, 2.75) is 13.0 Å². The molecule has 1 unspecified atom stereocenters. The van der Waals surface area contributed by atoms with E-state index in [9.17, 15) is 9.59 Å². The molecule has 0 saturated carbocycles. The van der Waals surface area contributed by atoms with Crippen molar-refractivity contribution < 1.29 is 14.3 Å². The molecule has 2 aromatic carbocycles. The topological polar surface area (TPSA) is 76.5 Å². The molecular weight excluding hydrogens is 404 g/mol. The maximum absolute atomic E-state index is 12.8. The summed E-state index contributed by atoms with van der Waals surface area (Å²) in [5.41, 5.74) is 1.65. The molecule has 8 heteroatoms. The molecule has 7 nitrogen and oxygen atoms in total. The minimum atomic E-state index is -0.441. The van der Waals surface area contributed by atoms with Crippen molar-refractivity contribution in [3.8, 4) is 5.75 Å². The SMILES string of the molecule is COc1ccc(N2CC(C(=O)Nc3ccnn3Cc3ccccc3Cl)CC2=O)cc1. The number of benzene rings is 2. The van der Waals surface area contributed by atoms with E-state index in [0.717, 1.165) is 11.3 Å². The van der Waals surface area contributed by atoms with E-state index in [2.05, 4.69) is 10.4 Å². The van der Waals surface area contributed by atoms with Crippen molar-refractivity contribution in [1.82, 2.24) is 9.78 Å². The predicted molar refractivity (Wildman–Crippen MR) is 115 cm³/mol. The van der Waals surface area contributed by atoms with Gasteiger partial charge < -0.3 is 15.0 Å². The largest absolute Gasteiger partial charge is 0.497 e. The first-order valence-corrected chi connectivity index (χ1v) is 9.93.